The Morgan fingerprint density at radius 1 is 1.30 bits per heavy atom. The monoisotopic (exact) mass is 315 g/mol. The number of ether oxygens (including phenoxy) is 2. The highest BCUT2D eigenvalue weighted by molar-refractivity contribution is 6.52. The predicted octanol–water partition coefficient (Wildman–Crippen LogP) is 2.23. The lowest BCUT2D eigenvalue weighted by Crippen LogP contribution is -2.26. The Labute approximate surface area is 133 Å². The van der Waals surface area contributed by atoms with Gasteiger partial charge in [0.1, 0.15) is 12.4 Å². The van der Waals surface area contributed by atoms with Crippen LogP contribution in [0.3, 0.4) is 0 Å². The Morgan fingerprint density at radius 2 is 2.00 bits per heavy atom. The molecule has 0 radical (unpaired) electrons. The third-order valence-electron chi connectivity index (χ3n) is 3.69. The predicted molar refractivity (Wildman–Crippen MR) is 82.4 cm³/mol. The normalized spacial score (nSPS) is 14.7. The highest BCUT2D eigenvalue weighted by atomic mass is 16.5. The molecule has 0 saturated heterocycles. The molecule has 120 valence electrons. The van der Waals surface area contributed by atoms with Gasteiger partial charge in [-0.1, -0.05) is 6.08 Å². The molecule has 0 atom stereocenters. The minimum absolute atomic E-state index is 0.130. The number of Topliss-reactive ketones (excluding diaryl/α,β-unsaturated/α-hetero) is 2. The average molecular weight is 315 g/mol. The van der Waals surface area contributed by atoms with E-state index >= 15 is 0 Å². The van der Waals surface area contributed by atoms with E-state index < -0.39 is 17.5 Å². The van der Waals surface area contributed by atoms with Crippen molar-refractivity contribution in [3.63, 3.8) is 0 Å². The first-order valence-corrected chi connectivity index (χ1v) is 7.04. The zero-order chi connectivity index (χ0) is 17.1. The van der Waals surface area contributed by atoms with Gasteiger partial charge in [-0.3, -0.25) is 14.6 Å². The van der Waals surface area contributed by atoms with Crippen LogP contribution in [0, 0.1) is 0 Å². The number of fused-ring (bicyclic) bond motifs is 1. The fraction of sp³-hybridized carbons (Fsp3) is 0.294. The molecule has 0 bridgehead atoms. The lowest BCUT2D eigenvalue weighted by atomic mass is 9.88. The molecule has 0 saturated carbocycles. The molecule has 23 heavy (non-hydrogen) atoms. The van der Waals surface area contributed by atoms with Crippen molar-refractivity contribution in [1.29, 1.82) is 0 Å². The summed E-state index contributed by atoms with van der Waals surface area (Å²) in [6, 6.07) is 1.60. The summed E-state index contributed by atoms with van der Waals surface area (Å²) in [6.07, 6.45) is 3.11. The molecule has 2 rings (SSSR count). The molecular weight excluding hydrogens is 298 g/mol. The number of hydrogen-bond donors (Lipinski definition) is 0. The maximum atomic E-state index is 12.3. The highest BCUT2D eigenvalue weighted by Crippen LogP contribution is 2.31. The Morgan fingerprint density at radius 3 is 2.61 bits per heavy atom. The summed E-state index contributed by atoms with van der Waals surface area (Å²) in [5, 5.41) is 0. The van der Waals surface area contributed by atoms with Crippen LogP contribution in [0.2, 0.25) is 0 Å². The summed E-state index contributed by atoms with van der Waals surface area (Å²) in [5.74, 6) is -1.47. The van der Waals surface area contributed by atoms with Crippen LogP contribution in [0.25, 0.3) is 5.76 Å². The molecule has 6 heteroatoms. The molecule has 1 aromatic heterocycles. The Balaban J connectivity index is 2.43. The molecule has 0 fully saturated rings. The van der Waals surface area contributed by atoms with E-state index in [0.717, 1.165) is 0 Å². The van der Waals surface area contributed by atoms with Crippen LogP contribution < -0.4 is 0 Å². The number of rotatable bonds is 4. The number of esters is 1. The van der Waals surface area contributed by atoms with Crippen molar-refractivity contribution in [2.75, 3.05) is 7.11 Å². The maximum absolute atomic E-state index is 12.3. The van der Waals surface area contributed by atoms with Crippen LogP contribution in [0.1, 0.15) is 42.4 Å². The molecule has 0 amide bonds. The Bertz CT molecular complexity index is 758. The van der Waals surface area contributed by atoms with Gasteiger partial charge in [-0.15, -0.1) is 0 Å². The first-order valence-electron chi connectivity index (χ1n) is 7.04. The second-order valence-corrected chi connectivity index (χ2v) is 5.04. The standard InChI is InChI=1S/C17H17NO5/c1-5-9(2)17(21)23-8-12-13-11(6-7-18-12)16(22-4)10(3)14(19)15(13)20/h5-7H,8H2,1-4H3/b9-5-. The third kappa shape index (κ3) is 2.92. The number of aromatic nitrogens is 1. The van der Waals surface area contributed by atoms with Gasteiger partial charge in [-0.05, 0) is 26.8 Å². The molecule has 1 heterocycles. The topological polar surface area (TPSA) is 82.6 Å². The number of ketones is 2. The molecule has 1 aliphatic rings. The largest absolute Gasteiger partial charge is 0.496 e. The molecule has 0 N–H and O–H groups in total. The van der Waals surface area contributed by atoms with Gasteiger partial charge in [-0.2, -0.15) is 0 Å². The van der Waals surface area contributed by atoms with Gasteiger partial charge in [0.15, 0.2) is 0 Å². The number of carbonyl (C=O) groups excluding carboxylic acids is 3. The van der Waals surface area contributed by atoms with E-state index in [4.69, 9.17) is 9.47 Å². The third-order valence-corrected chi connectivity index (χ3v) is 3.69. The van der Waals surface area contributed by atoms with E-state index in [9.17, 15) is 14.4 Å². The van der Waals surface area contributed by atoms with Gasteiger partial charge >= 0.3 is 5.97 Å². The maximum Gasteiger partial charge on any atom is 0.333 e. The zero-order valence-corrected chi connectivity index (χ0v) is 13.4. The molecule has 0 aliphatic heterocycles. The van der Waals surface area contributed by atoms with Gasteiger partial charge in [0.05, 0.1) is 18.4 Å². The fourth-order valence-corrected chi connectivity index (χ4v) is 2.27. The van der Waals surface area contributed by atoms with Gasteiger partial charge in [-0.25, -0.2) is 4.79 Å². The minimum atomic E-state index is -0.666. The van der Waals surface area contributed by atoms with E-state index in [1.807, 2.05) is 0 Å². The van der Waals surface area contributed by atoms with Gasteiger partial charge in [0.25, 0.3) is 0 Å². The Kier molecular flexibility index (Phi) is 4.74. The number of allylic oxidation sites excluding steroid dienone is 2. The summed E-state index contributed by atoms with van der Waals surface area (Å²) in [4.78, 5) is 40.2. The quantitative estimate of drug-likeness (QED) is 0.481. The molecular formula is C17H17NO5. The first kappa shape index (κ1) is 16.6. The van der Waals surface area contributed by atoms with Crippen LogP contribution in [0.4, 0.5) is 0 Å². The van der Waals surface area contributed by atoms with Crippen molar-refractivity contribution in [2.24, 2.45) is 0 Å². The molecule has 0 spiro atoms. The van der Waals surface area contributed by atoms with Crippen molar-refractivity contribution < 1.29 is 23.9 Å². The van der Waals surface area contributed by atoms with Crippen molar-refractivity contribution in [3.8, 4) is 0 Å². The molecule has 0 aromatic carbocycles. The average Bonchev–Trinajstić information content (AvgIpc) is 2.57. The minimum Gasteiger partial charge on any atom is -0.496 e. The molecule has 1 aromatic rings. The number of pyridine rings is 1. The van der Waals surface area contributed by atoms with Gasteiger partial charge in [0, 0.05) is 22.9 Å². The zero-order valence-electron chi connectivity index (χ0n) is 13.4. The van der Waals surface area contributed by atoms with E-state index in [1.54, 1.807) is 26.0 Å². The van der Waals surface area contributed by atoms with Crippen molar-refractivity contribution in [2.45, 2.75) is 27.4 Å². The SMILES string of the molecule is C/C=C(/C)C(=O)OCc1nccc2c1C(=O)C(=O)C(C)=C2OC. The van der Waals surface area contributed by atoms with Crippen LogP contribution in [0.15, 0.2) is 29.5 Å². The summed E-state index contributed by atoms with van der Waals surface area (Å²) in [6.45, 7) is 4.69. The van der Waals surface area contributed by atoms with E-state index in [-0.39, 0.29) is 23.4 Å². The smallest absolute Gasteiger partial charge is 0.333 e. The summed E-state index contributed by atoms with van der Waals surface area (Å²) in [5.41, 5.74) is 1.55. The first-order chi connectivity index (χ1) is 10.9. The second-order valence-electron chi connectivity index (χ2n) is 5.04. The van der Waals surface area contributed by atoms with Crippen LogP contribution >= 0.6 is 0 Å². The van der Waals surface area contributed by atoms with Crippen LogP contribution in [0.5, 0.6) is 0 Å². The van der Waals surface area contributed by atoms with E-state index in [0.29, 0.717) is 16.9 Å². The van der Waals surface area contributed by atoms with Crippen molar-refractivity contribution >= 4 is 23.3 Å². The van der Waals surface area contributed by atoms with Crippen LogP contribution in [-0.2, 0) is 25.7 Å². The number of methoxy groups -OCH3 is 1. The van der Waals surface area contributed by atoms with Gasteiger partial charge in [0.2, 0.25) is 11.6 Å². The van der Waals surface area contributed by atoms with Crippen LogP contribution in [-0.4, -0.2) is 29.6 Å². The summed E-state index contributed by atoms with van der Waals surface area (Å²) in [7, 11) is 1.43. The summed E-state index contributed by atoms with van der Waals surface area (Å²) < 4.78 is 10.4. The second kappa shape index (κ2) is 6.56. The van der Waals surface area contributed by atoms with Crippen molar-refractivity contribution in [3.05, 3.63) is 46.3 Å². The number of nitrogens with zero attached hydrogens (tertiary/aromatic N) is 1. The number of hydrogen-bond acceptors (Lipinski definition) is 6. The van der Waals surface area contributed by atoms with E-state index in [2.05, 4.69) is 4.98 Å². The highest BCUT2D eigenvalue weighted by Gasteiger charge is 2.34. The lowest BCUT2D eigenvalue weighted by molar-refractivity contribution is -0.140. The fourth-order valence-electron chi connectivity index (χ4n) is 2.27. The molecule has 0 unspecified atom stereocenters. The van der Waals surface area contributed by atoms with E-state index in [1.165, 1.54) is 20.2 Å². The van der Waals surface area contributed by atoms with Gasteiger partial charge < -0.3 is 9.47 Å². The van der Waals surface area contributed by atoms with Crippen molar-refractivity contribution in [1.82, 2.24) is 4.98 Å². The Hall–Kier alpha value is -2.76. The number of carbonyl (C=O) groups is 3. The molecule has 1 aliphatic carbocycles. The molecule has 6 nitrogen and oxygen atoms in total. The lowest BCUT2D eigenvalue weighted by Gasteiger charge is -2.20. The summed E-state index contributed by atoms with van der Waals surface area (Å²) >= 11 is 0.